The van der Waals surface area contributed by atoms with Gasteiger partial charge in [0.2, 0.25) is 0 Å². The van der Waals surface area contributed by atoms with Crippen molar-refractivity contribution in [3.05, 3.63) is 65.7 Å². The summed E-state index contributed by atoms with van der Waals surface area (Å²) in [5.41, 5.74) is 3.17. The van der Waals surface area contributed by atoms with Gasteiger partial charge in [0.25, 0.3) is 5.91 Å². The lowest BCUT2D eigenvalue weighted by atomic mass is 9.99. The molecular weight excluding hydrogens is 272 g/mol. The van der Waals surface area contributed by atoms with Crippen molar-refractivity contribution in [3.63, 3.8) is 0 Å². The second-order valence-electron chi connectivity index (χ2n) is 6.09. The molecule has 3 rings (SSSR count). The SMILES string of the molecule is CN(C)c1cccc(C(=O)N2CC[C@@H](c3ccccc3)C2)c1. The molecule has 0 unspecified atom stereocenters. The Morgan fingerprint density at radius 3 is 2.59 bits per heavy atom. The van der Waals surface area contributed by atoms with Gasteiger partial charge < -0.3 is 9.80 Å². The summed E-state index contributed by atoms with van der Waals surface area (Å²) in [4.78, 5) is 16.7. The fraction of sp³-hybridized carbons (Fsp3) is 0.316. The number of likely N-dealkylation sites (tertiary alicyclic amines) is 1. The summed E-state index contributed by atoms with van der Waals surface area (Å²) < 4.78 is 0. The van der Waals surface area contributed by atoms with E-state index in [4.69, 9.17) is 0 Å². The maximum absolute atomic E-state index is 12.7. The maximum atomic E-state index is 12.7. The van der Waals surface area contributed by atoms with Gasteiger partial charge in [0.1, 0.15) is 0 Å². The Bertz CT molecular complexity index is 651. The Morgan fingerprint density at radius 2 is 1.86 bits per heavy atom. The molecule has 1 saturated heterocycles. The van der Waals surface area contributed by atoms with Crippen LogP contribution in [0.3, 0.4) is 0 Å². The molecule has 114 valence electrons. The molecule has 1 atom stereocenters. The van der Waals surface area contributed by atoms with E-state index in [0.29, 0.717) is 5.92 Å². The lowest BCUT2D eigenvalue weighted by Crippen LogP contribution is -2.28. The van der Waals surface area contributed by atoms with Gasteiger partial charge in [-0.15, -0.1) is 0 Å². The molecule has 2 aromatic carbocycles. The van der Waals surface area contributed by atoms with Crippen molar-refractivity contribution in [1.82, 2.24) is 4.90 Å². The van der Waals surface area contributed by atoms with Crippen LogP contribution in [0.2, 0.25) is 0 Å². The Hall–Kier alpha value is -2.29. The molecule has 1 heterocycles. The Balaban J connectivity index is 1.73. The topological polar surface area (TPSA) is 23.6 Å². The van der Waals surface area contributed by atoms with Crippen LogP contribution in [0.4, 0.5) is 5.69 Å². The maximum Gasteiger partial charge on any atom is 0.253 e. The first kappa shape index (κ1) is 14.6. The molecule has 1 fully saturated rings. The van der Waals surface area contributed by atoms with Crippen LogP contribution in [0, 0.1) is 0 Å². The van der Waals surface area contributed by atoms with E-state index in [1.165, 1.54) is 5.56 Å². The van der Waals surface area contributed by atoms with E-state index in [1.54, 1.807) is 0 Å². The average Bonchev–Trinajstić information content (AvgIpc) is 3.05. The molecule has 0 aliphatic carbocycles. The fourth-order valence-electron chi connectivity index (χ4n) is 3.04. The van der Waals surface area contributed by atoms with E-state index in [2.05, 4.69) is 24.3 Å². The van der Waals surface area contributed by atoms with E-state index in [1.807, 2.05) is 54.2 Å². The van der Waals surface area contributed by atoms with E-state index >= 15 is 0 Å². The van der Waals surface area contributed by atoms with E-state index in [9.17, 15) is 4.79 Å². The highest BCUT2D eigenvalue weighted by Gasteiger charge is 2.27. The minimum Gasteiger partial charge on any atom is -0.378 e. The van der Waals surface area contributed by atoms with Gasteiger partial charge in [-0.05, 0) is 30.2 Å². The summed E-state index contributed by atoms with van der Waals surface area (Å²) >= 11 is 0. The Labute approximate surface area is 132 Å². The molecule has 0 spiro atoms. The van der Waals surface area contributed by atoms with Crippen molar-refractivity contribution in [3.8, 4) is 0 Å². The summed E-state index contributed by atoms with van der Waals surface area (Å²) in [5.74, 6) is 0.601. The number of amides is 1. The van der Waals surface area contributed by atoms with Crippen LogP contribution in [0.25, 0.3) is 0 Å². The van der Waals surface area contributed by atoms with Crippen molar-refractivity contribution in [2.45, 2.75) is 12.3 Å². The van der Waals surface area contributed by atoms with Gasteiger partial charge in [-0.2, -0.15) is 0 Å². The van der Waals surface area contributed by atoms with Gasteiger partial charge in [-0.25, -0.2) is 0 Å². The van der Waals surface area contributed by atoms with Crippen LogP contribution in [-0.4, -0.2) is 38.0 Å². The van der Waals surface area contributed by atoms with Crippen LogP contribution in [0.5, 0.6) is 0 Å². The van der Waals surface area contributed by atoms with E-state index in [0.717, 1.165) is 30.8 Å². The van der Waals surface area contributed by atoms with Crippen LogP contribution in [0.15, 0.2) is 54.6 Å². The molecule has 0 bridgehead atoms. The fourth-order valence-corrected chi connectivity index (χ4v) is 3.04. The largest absolute Gasteiger partial charge is 0.378 e. The van der Waals surface area contributed by atoms with E-state index < -0.39 is 0 Å². The number of hydrogen-bond acceptors (Lipinski definition) is 2. The Kier molecular flexibility index (Phi) is 4.14. The zero-order chi connectivity index (χ0) is 15.5. The van der Waals surface area contributed by atoms with Gasteiger partial charge in [-0.1, -0.05) is 36.4 Å². The molecule has 22 heavy (non-hydrogen) atoms. The summed E-state index contributed by atoms with van der Waals surface area (Å²) in [7, 11) is 3.98. The highest BCUT2D eigenvalue weighted by Crippen LogP contribution is 2.28. The molecule has 3 nitrogen and oxygen atoms in total. The van der Waals surface area contributed by atoms with Gasteiger partial charge >= 0.3 is 0 Å². The molecule has 0 saturated carbocycles. The first-order chi connectivity index (χ1) is 10.6. The highest BCUT2D eigenvalue weighted by atomic mass is 16.2. The number of benzene rings is 2. The van der Waals surface area contributed by atoms with Crippen molar-refractivity contribution in [2.75, 3.05) is 32.1 Å². The number of rotatable bonds is 3. The number of carbonyl (C=O) groups excluding carboxylic acids is 1. The second-order valence-corrected chi connectivity index (χ2v) is 6.09. The van der Waals surface area contributed by atoms with Crippen LogP contribution in [-0.2, 0) is 0 Å². The first-order valence-corrected chi connectivity index (χ1v) is 7.77. The Morgan fingerprint density at radius 1 is 1.09 bits per heavy atom. The van der Waals surface area contributed by atoms with Gasteiger partial charge in [0.15, 0.2) is 0 Å². The summed E-state index contributed by atoms with van der Waals surface area (Å²) in [6.45, 7) is 1.65. The normalized spacial score (nSPS) is 17.5. The van der Waals surface area contributed by atoms with Crippen molar-refractivity contribution >= 4 is 11.6 Å². The first-order valence-electron chi connectivity index (χ1n) is 7.77. The van der Waals surface area contributed by atoms with Crippen LogP contribution >= 0.6 is 0 Å². The summed E-state index contributed by atoms with van der Waals surface area (Å²) in [6, 6.07) is 18.3. The van der Waals surface area contributed by atoms with Gasteiger partial charge in [0.05, 0.1) is 0 Å². The minimum absolute atomic E-state index is 0.141. The third-order valence-corrected chi connectivity index (χ3v) is 4.36. The van der Waals surface area contributed by atoms with Crippen molar-refractivity contribution in [1.29, 1.82) is 0 Å². The highest BCUT2D eigenvalue weighted by molar-refractivity contribution is 5.95. The number of carbonyl (C=O) groups is 1. The minimum atomic E-state index is 0.141. The standard InChI is InChI=1S/C19H22N2O/c1-20(2)18-10-6-9-16(13-18)19(22)21-12-11-17(14-21)15-7-4-3-5-8-15/h3-10,13,17H,11-12,14H2,1-2H3/t17-/m1/s1. The second kappa shape index (κ2) is 6.22. The molecule has 0 N–H and O–H groups in total. The monoisotopic (exact) mass is 294 g/mol. The third kappa shape index (κ3) is 2.98. The molecule has 1 amide bonds. The quantitative estimate of drug-likeness (QED) is 0.866. The third-order valence-electron chi connectivity index (χ3n) is 4.36. The van der Waals surface area contributed by atoms with Gasteiger partial charge in [-0.3, -0.25) is 4.79 Å². The zero-order valence-electron chi connectivity index (χ0n) is 13.2. The van der Waals surface area contributed by atoms with Crippen molar-refractivity contribution < 1.29 is 4.79 Å². The lowest BCUT2D eigenvalue weighted by molar-refractivity contribution is 0.0791. The molecule has 0 aromatic heterocycles. The number of hydrogen-bond donors (Lipinski definition) is 0. The smallest absolute Gasteiger partial charge is 0.253 e. The molecule has 1 aliphatic rings. The number of anilines is 1. The molecule has 1 aliphatic heterocycles. The van der Waals surface area contributed by atoms with Crippen LogP contribution < -0.4 is 4.90 Å². The predicted octanol–water partition coefficient (Wildman–Crippen LogP) is 3.38. The van der Waals surface area contributed by atoms with Crippen LogP contribution in [0.1, 0.15) is 28.3 Å². The molecular formula is C19H22N2O. The average molecular weight is 294 g/mol. The van der Waals surface area contributed by atoms with Gasteiger partial charge in [0, 0.05) is 44.4 Å². The summed E-state index contributed by atoms with van der Waals surface area (Å²) in [5, 5.41) is 0. The predicted molar refractivity (Wildman–Crippen MR) is 90.5 cm³/mol. The van der Waals surface area contributed by atoms with E-state index in [-0.39, 0.29) is 5.91 Å². The number of nitrogens with zero attached hydrogens (tertiary/aromatic N) is 2. The molecule has 3 heteroatoms. The summed E-state index contributed by atoms with van der Waals surface area (Å²) in [6.07, 6.45) is 1.04. The molecule has 2 aromatic rings. The molecule has 0 radical (unpaired) electrons. The van der Waals surface area contributed by atoms with Crippen molar-refractivity contribution in [2.24, 2.45) is 0 Å². The lowest BCUT2D eigenvalue weighted by Gasteiger charge is -2.18. The zero-order valence-corrected chi connectivity index (χ0v) is 13.2.